The number of amides is 3. The number of hydrogen-bond acceptors (Lipinski definition) is 6. The number of fused-ring (bicyclic) bond motifs is 2. The van der Waals surface area contributed by atoms with Crippen LogP contribution in [-0.2, 0) is 20.9 Å². The lowest BCUT2D eigenvalue weighted by atomic mass is 9.89. The molecule has 4 aliphatic rings. The van der Waals surface area contributed by atoms with E-state index in [9.17, 15) is 28.4 Å². The molecule has 2 bridgehead atoms. The van der Waals surface area contributed by atoms with Crippen LogP contribution in [0.15, 0.2) is 18.2 Å². The number of piperazine rings is 1. The van der Waals surface area contributed by atoms with E-state index in [1.807, 2.05) is 4.90 Å². The maximum absolute atomic E-state index is 13.7. The zero-order valence-electron chi connectivity index (χ0n) is 21.8. The van der Waals surface area contributed by atoms with Crippen molar-refractivity contribution in [3.63, 3.8) is 0 Å². The Morgan fingerprint density at radius 2 is 1.87 bits per heavy atom. The molecule has 204 valence electrons. The van der Waals surface area contributed by atoms with E-state index >= 15 is 0 Å². The molecule has 0 spiro atoms. The van der Waals surface area contributed by atoms with Crippen molar-refractivity contribution in [1.29, 1.82) is 5.26 Å². The highest BCUT2D eigenvalue weighted by atomic mass is 19.1. The molecule has 1 N–H and O–H groups in total. The predicted molar refractivity (Wildman–Crippen MR) is 131 cm³/mol. The van der Waals surface area contributed by atoms with Crippen molar-refractivity contribution in [3.8, 4) is 6.07 Å². The average molecular weight is 530 g/mol. The van der Waals surface area contributed by atoms with Gasteiger partial charge in [-0.1, -0.05) is 0 Å². The van der Waals surface area contributed by atoms with Crippen LogP contribution < -0.4 is 5.32 Å². The highest BCUT2D eigenvalue weighted by Crippen LogP contribution is 2.44. The SMILES string of the molecule is CC(C)(C)OC(=O)NC(CN1C[C@@H]2C[C@H]1C(=O)N2Cc1cc(F)cc(F)c1)C(=O)N1C(C#N)CC1C1CC1. The van der Waals surface area contributed by atoms with E-state index in [-0.39, 0.29) is 37.0 Å². The summed E-state index contributed by atoms with van der Waals surface area (Å²) in [5.74, 6) is -1.52. The molecule has 5 atom stereocenters. The largest absolute Gasteiger partial charge is 0.444 e. The number of benzene rings is 1. The van der Waals surface area contributed by atoms with E-state index in [4.69, 9.17) is 4.74 Å². The minimum Gasteiger partial charge on any atom is -0.444 e. The number of carbonyl (C=O) groups is 3. The maximum Gasteiger partial charge on any atom is 0.408 e. The van der Waals surface area contributed by atoms with Crippen LogP contribution in [0.5, 0.6) is 0 Å². The van der Waals surface area contributed by atoms with Crippen molar-refractivity contribution in [2.75, 3.05) is 13.1 Å². The number of nitrogens with zero attached hydrogens (tertiary/aromatic N) is 4. The van der Waals surface area contributed by atoms with Gasteiger partial charge in [-0.25, -0.2) is 13.6 Å². The fraction of sp³-hybridized carbons (Fsp3) is 0.630. The molecular formula is C27H33F2N5O4. The number of nitriles is 1. The Kier molecular flexibility index (Phi) is 6.80. The highest BCUT2D eigenvalue weighted by Gasteiger charge is 2.53. The van der Waals surface area contributed by atoms with Gasteiger partial charge in [0.1, 0.15) is 29.3 Å². The number of likely N-dealkylation sites (tertiary alicyclic amines) is 3. The third-order valence-corrected chi connectivity index (χ3v) is 7.80. The molecule has 1 aromatic carbocycles. The van der Waals surface area contributed by atoms with Gasteiger partial charge in [-0.3, -0.25) is 14.5 Å². The first-order valence-corrected chi connectivity index (χ1v) is 13.1. The number of nitrogens with one attached hydrogen (secondary N) is 1. The van der Waals surface area contributed by atoms with Gasteiger partial charge in [-0.2, -0.15) is 5.26 Å². The molecule has 0 aromatic heterocycles. The first-order valence-electron chi connectivity index (χ1n) is 13.1. The monoisotopic (exact) mass is 529 g/mol. The molecule has 4 fully saturated rings. The minimum absolute atomic E-state index is 0.00565. The van der Waals surface area contributed by atoms with Crippen molar-refractivity contribution in [3.05, 3.63) is 35.4 Å². The molecule has 5 rings (SSSR count). The molecular weight excluding hydrogens is 496 g/mol. The molecule has 11 heteroatoms. The molecule has 3 aliphatic heterocycles. The second-order valence-electron chi connectivity index (χ2n) is 11.8. The lowest BCUT2D eigenvalue weighted by Gasteiger charge is -2.47. The Morgan fingerprint density at radius 3 is 2.45 bits per heavy atom. The normalized spacial score (nSPS) is 27.6. The lowest BCUT2D eigenvalue weighted by molar-refractivity contribution is -0.147. The minimum atomic E-state index is -0.986. The second kappa shape index (κ2) is 9.80. The number of alkyl carbamates (subject to hydrolysis) is 1. The van der Waals surface area contributed by atoms with E-state index < -0.39 is 41.5 Å². The van der Waals surface area contributed by atoms with Gasteiger partial charge in [0.05, 0.1) is 12.1 Å². The van der Waals surface area contributed by atoms with Crippen molar-refractivity contribution in [2.24, 2.45) is 5.92 Å². The molecule has 38 heavy (non-hydrogen) atoms. The molecule has 3 amide bonds. The Hall–Kier alpha value is -3.26. The Morgan fingerprint density at radius 1 is 1.18 bits per heavy atom. The Labute approximate surface area is 220 Å². The van der Waals surface area contributed by atoms with E-state index in [2.05, 4.69) is 11.4 Å². The summed E-state index contributed by atoms with van der Waals surface area (Å²) in [6, 6.07) is 3.21. The van der Waals surface area contributed by atoms with Crippen molar-refractivity contribution < 1.29 is 27.9 Å². The number of hydrogen-bond donors (Lipinski definition) is 1. The molecule has 1 aliphatic carbocycles. The van der Waals surface area contributed by atoms with Crippen LogP contribution in [-0.4, -0.2) is 81.5 Å². The van der Waals surface area contributed by atoms with Crippen molar-refractivity contribution >= 4 is 17.9 Å². The zero-order valence-corrected chi connectivity index (χ0v) is 21.8. The zero-order chi connectivity index (χ0) is 27.4. The molecule has 3 unspecified atom stereocenters. The van der Waals surface area contributed by atoms with Crippen LogP contribution in [0.3, 0.4) is 0 Å². The van der Waals surface area contributed by atoms with Gasteiger partial charge in [0.15, 0.2) is 0 Å². The fourth-order valence-electron chi connectivity index (χ4n) is 5.97. The summed E-state index contributed by atoms with van der Waals surface area (Å²) >= 11 is 0. The van der Waals surface area contributed by atoms with Crippen LogP contribution in [0.1, 0.15) is 52.0 Å². The van der Waals surface area contributed by atoms with E-state index in [0.717, 1.165) is 18.9 Å². The second-order valence-corrected chi connectivity index (χ2v) is 11.8. The summed E-state index contributed by atoms with van der Waals surface area (Å²) in [4.78, 5) is 44.7. The summed E-state index contributed by atoms with van der Waals surface area (Å²) in [5.41, 5.74) is -0.388. The van der Waals surface area contributed by atoms with Crippen LogP contribution in [0.25, 0.3) is 0 Å². The lowest BCUT2D eigenvalue weighted by Crippen LogP contribution is -2.66. The highest BCUT2D eigenvalue weighted by molar-refractivity contribution is 5.88. The molecule has 9 nitrogen and oxygen atoms in total. The summed E-state index contributed by atoms with van der Waals surface area (Å²) < 4.78 is 32.7. The van der Waals surface area contributed by atoms with Crippen molar-refractivity contribution in [1.82, 2.24) is 20.0 Å². The van der Waals surface area contributed by atoms with E-state index in [1.165, 1.54) is 12.1 Å². The summed E-state index contributed by atoms with van der Waals surface area (Å²) in [7, 11) is 0. The molecule has 3 heterocycles. The smallest absolute Gasteiger partial charge is 0.408 e. The standard InChI is InChI=1S/C27H33F2N5O4/c1-27(2,3)38-26(37)31-21(24(35)34-19(11-30)9-22(34)16-4-5-16)14-32-13-20-10-23(32)25(36)33(20)12-15-6-17(28)8-18(29)7-15/h6-8,16,19-23H,4-5,9-10,12-14H2,1-3H3,(H,31,37)/t19?,20-,21?,22?,23-/m0/s1. The number of rotatable bonds is 7. The molecule has 3 saturated heterocycles. The number of ether oxygens (including phenoxy) is 1. The van der Waals surface area contributed by atoms with Gasteiger partial charge in [-0.05, 0) is 63.6 Å². The van der Waals surface area contributed by atoms with Crippen LogP contribution in [0, 0.1) is 28.9 Å². The quantitative estimate of drug-likeness (QED) is 0.582. The Balaban J connectivity index is 1.29. The summed E-state index contributed by atoms with van der Waals surface area (Å²) in [5, 5.41) is 12.3. The third kappa shape index (κ3) is 5.32. The Bertz CT molecular complexity index is 1160. The first-order chi connectivity index (χ1) is 17.9. The number of halogens is 2. The molecule has 1 saturated carbocycles. The average Bonchev–Trinajstić information content (AvgIpc) is 3.45. The van der Waals surface area contributed by atoms with Gasteiger partial charge in [0.25, 0.3) is 0 Å². The van der Waals surface area contributed by atoms with Gasteiger partial charge in [-0.15, -0.1) is 0 Å². The predicted octanol–water partition coefficient (Wildman–Crippen LogP) is 2.55. The van der Waals surface area contributed by atoms with E-state index in [0.29, 0.717) is 30.9 Å². The third-order valence-electron chi connectivity index (χ3n) is 7.80. The van der Waals surface area contributed by atoms with Crippen LogP contribution in [0.2, 0.25) is 0 Å². The van der Waals surface area contributed by atoms with Gasteiger partial charge in [0, 0.05) is 44.2 Å². The maximum atomic E-state index is 13.7. The topological polar surface area (TPSA) is 106 Å². The van der Waals surface area contributed by atoms with Gasteiger partial charge >= 0.3 is 6.09 Å². The fourth-order valence-corrected chi connectivity index (χ4v) is 5.97. The van der Waals surface area contributed by atoms with Crippen LogP contribution >= 0.6 is 0 Å². The van der Waals surface area contributed by atoms with Crippen LogP contribution in [0.4, 0.5) is 13.6 Å². The molecule has 0 radical (unpaired) electrons. The van der Waals surface area contributed by atoms with Crippen molar-refractivity contribution in [2.45, 2.75) is 88.8 Å². The van der Waals surface area contributed by atoms with E-state index in [1.54, 1.807) is 30.6 Å². The van der Waals surface area contributed by atoms with Gasteiger partial charge in [0.2, 0.25) is 11.8 Å². The number of carbonyl (C=O) groups excluding carboxylic acids is 3. The summed E-state index contributed by atoms with van der Waals surface area (Å²) in [6.45, 7) is 5.84. The first kappa shape index (κ1) is 26.4. The molecule has 1 aromatic rings. The summed E-state index contributed by atoms with van der Waals surface area (Å²) in [6.07, 6.45) is 2.46. The van der Waals surface area contributed by atoms with Gasteiger partial charge < -0.3 is 19.9 Å².